The number of imidazole rings is 1. The van der Waals surface area contributed by atoms with E-state index in [0.29, 0.717) is 23.0 Å². The molecule has 0 atom stereocenters. The maximum Gasteiger partial charge on any atom is 0.254 e. The maximum atomic E-state index is 13.3. The van der Waals surface area contributed by atoms with Gasteiger partial charge in [-0.1, -0.05) is 0 Å². The van der Waals surface area contributed by atoms with Gasteiger partial charge in [0, 0.05) is 29.1 Å². The number of hydrogen-bond donors (Lipinski definition) is 1. The molecule has 1 N–H and O–H groups in total. The second kappa shape index (κ2) is 11.3. The molecule has 1 aliphatic rings. The highest BCUT2D eigenvalue weighted by Crippen LogP contribution is 2.30. The quantitative estimate of drug-likeness (QED) is 0.319. The average molecular weight is 527 g/mol. The van der Waals surface area contributed by atoms with E-state index in [1.54, 1.807) is 50.5 Å². The van der Waals surface area contributed by atoms with Gasteiger partial charge in [0.15, 0.2) is 0 Å². The normalized spacial score (nSPS) is 12.5. The van der Waals surface area contributed by atoms with Crippen molar-refractivity contribution < 1.29 is 23.8 Å². The zero-order chi connectivity index (χ0) is 27.4. The fraction of sp³-hybridized carbons (Fsp3) is 0.233. The number of nitrogens with zero attached hydrogens (tertiary/aromatic N) is 3. The number of amides is 2. The van der Waals surface area contributed by atoms with E-state index in [-0.39, 0.29) is 24.4 Å². The molecule has 2 amide bonds. The van der Waals surface area contributed by atoms with Crippen molar-refractivity contribution in [2.24, 2.45) is 0 Å². The molecule has 1 aromatic heterocycles. The van der Waals surface area contributed by atoms with Gasteiger partial charge in [-0.2, -0.15) is 0 Å². The molecular weight excluding hydrogens is 496 g/mol. The van der Waals surface area contributed by atoms with Crippen molar-refractivity contribution in [1.82, 2.24) is 14.5 Å². The molecule has 0 unspecified atom stereocenters. The van der Waals surface area contributed by atoms with Crippen LogP contribution in [0, 0.1) is 0 Å². The molecule has 1 saturated carbocycles. The summed E-state index contributed by atoms with van der Waals surface area (Å²) in [5, 5.41) is 2.93. The van der Waals surface area contributed by atoms with E-state index < -0.39 is 0 Å². The number of carbonyl (C=O) groups is 2. The molecule has 0 saturated heterocycles. The first-order valence-corrected chi connectivity index (χ1v) is 12.6. The summed E-state index contributed by atoms with van der Waals surface area (Å²) in [5.74, 6) is 1.96. The standard InChI is InChI=1S/C30H30N4O5/c1-37-24-12-4-20(5-13-24)27-18-34(23-10-16-26(39-3)17-11-23)30(31-27)32-28(35)19-33(22-8-9-22)29(36)21-6-14-25(38-2)15-7-21/h4-7,10-18,22H,8-9,19H2,1-3H3,(H,31,32,35). The predicted octanol–water partition coefficient (Wildman–Crippen LogP) is 4.81. The van der Waals surface area contributed by atoms with Gasteiger partial charge in [-0.25, -0.2) is 4.98 Å². The Balaban J connectivity index is 1.40. The maximum absolute atomic E-state index is 13.3. The van der Waals surface area contributed by atoms with Crippen molar-refractivity contribution in [1.29, 1.82) is 0 Å². The molecule has 1 heterocycles. The van der Waals surface area contributed by atoms with E-state index in [0.717, 1.165) is 35.6 Å². The first-order chi connectivity index (χ1) is 19.0. The van der Waals surface area contributed by atoms with Gasteiger partial charge in [0.25, 0.3) is 5.91 Å². The number of nitrogens with one attached hydrogen (secondary N) is 1. The first-order valence-electron chi connectivity index (χ1n) is 12.6. The van der Waals surface area contributed by atoms with Crippen molar-refractivity contribution in [3.63, 3.8) is 0 Å². The van der Waals surface area contributed by atoms with E-state index in [2.05, 4.69) is 5.32 Å². The van der Waals surface area contributed by atoms with Crippen LogP contribution in [0.1, 0.15) is 23.2 Å². The summed E-state index contributed by atoms with van der Waals surface area (Å²) in [6.45, 7) is -0.0805. The van der Waals surface area contributed by atoms with Gasteiger partial charge in [0.1, 0.15) is 23.8 Å². The molecule has 0 spiro atoms. The van der Waals surface area contributed by atoms with E-state index >= 15 is 0 Å². The van der Waals surface area contributed by atoms with E-state index in [1.807, 2.05) is 59.3 Å². The second-order valence-electron chi connectivity index (χ2n) is 9.19. The summed E-state index contributed by atoms with van der Waals surface area (Å²) in [6, 6.07) is 22.0. The van der Waals surface area contributed by atoms with Crippen LogP contribution in [0.2, 0.25) is 0 Å². The summed E-state index contributed by atoms with van der Waals surface area (Å²) in [4.78, 5) is 32.9. The highest BCUT2D eigenvalue weighted by Gasteiger charge is 2.34. The summed E-state index contributed by atoms with van der Waals surface area (Å²) < 4.78 is 17.6. The van der Waals surface area contributed by atoms with E-state index in [9.17, 15) is 9.59 Å². The molecule has 0 radical (unpaired) electrons. The van der Waals surface area contributed by atoms with Crippen LogP contribution in [0.4, 0.5) is 5.95 Å². The molecule has 9 heteroatoms. The van der Waals surface area contributed by atoms with Crippen LogP contribution in [0.3, 0.4) is 0 Å². The van der Waals surface area contributed by atoms with Crippen LogP contribution in [0.5, 0.6) is 17.2 Å². The molecule has 39 heavy (non-hydrogen) atoms. The molecular formula is C30H30N4O5. The third-order valence-electron chi connectivity index (χ3n) is 6.59. The Morgan fingerprint density at radius 1 is 0.846 bits per heavy atom. The zero-order valence-corrected chi connectivity index (χ0v) is 22.1. The summed E-state index contributed by atoms with van der Waals surface area (Å²) in [5.41, 5.74) is 2.86. The van der Waals surface area contributed by atoms with Crippen LogP contribution in [0.15, 0.2) is 79.0 Å². The Morgan fingerprint density at radius 2 is 1.38 bits per heavy atom. The monoisotopic (exact) mass is 526 g/mol. The molecule has 3 aromatic carbocycles. The second-order valence-corrected chi connectivity index (χ2v) is 9.19. The van der Waals surface area contributed by atoms with Gasteiger partial charge in [-0.3, -0.25) is 19.5 Å². The molecule has 0 bridgehead atoms. The number of carbonyl (C=O) groups excluding carboxylic acids is 2. The first kappa shape index (κ1) is 25.8. The summed E-state index contributed by atoms with van der Waals surface area (Å²) in [7, 11) is 4.80. The van der Waals surface area contributed by atoms with Gasteiger partial charge in [0.05, 0.1) is 27.0 Å². The fourth-order valence-electron chi connectivity index (χ4n) is 4.28. The third-order valence-corrected chi connectivity index (χ3v) is 6.59. The Labute approximate surface area is 226 Å². The number of hydrogen-bond acceptors (Lipinski definition) is 6. The van der Waals surface area contributed by atoms with Gasteiger partial charge in [-0.15, -0.1) is 0 Å². The largest absolute Gasteiger partial charge is 0.497 e. The van der Waals surface area contributed by atoms with E-state index in [1.165, 1.54) is 0 Å². The number of benzene rings is 3. The number of anilines is 1. The molecule has 200 valence electrons. The Kier molecular flexibility index (Phi) is 7.49. The SMILES string of the molecule is COc1ccc(C(=O)N(CC(=O)Nc2nc(-c3ccc(OC)cc3)cn2-c2ccc(OC)cc2)C2CC2)cc1. The van der Waals surface area contributed by atoms with Crippen LogP contribution in [-0.4, -0.2) is 60.2 Å². The third kappa shape index (κ3) is 5.87. The summed E-state index contributed by atoms with van der Waals surface area (Å²) in [6.07, 6.45) is 3.61. The minimum atomic E-state index is -0.328. The molecule has 5 rings (SSSR count). The minimum Gasteiger partial charge on any atom is -0.497 e. The molecule has 1 fully saturated rings. The highest BCUT2D eigenvalue weighted by molar-refractivity contribution is 5.99. The van der Waals surface area contributed by atoms with Crippen LogP contribution in [0.25, 0.3) is 16.9 Å². The fourth-order valence-corrected chi connectivity index (χ4v) is 4.28. The van der Waals surface area contributed by atoms with Crippen LogP contribution in [-0.2, 0) is 4.79 Å². The Hall–Kier alpha value is -4.79. The lowest BCUT2D eigenvalue weighted by molar-refractivity contribution is -0.117. The molecule has 9 nitrogen and oxygen atoms in total. The number of rotatable bonds is 10. The molecule has 1 aliphatic carbocycles. The summed E-state index contributed by atoms with van der Waals surface area (Å²) >= 11 is 0. The smallest absolute Gasteiger partial charge is 0.254 e. The van der Waals surface area contributed by atoms with Gasteiger partial charge >= 0.3 is 0 Å². The van der Waals surface area contributed by atoms with Crippen molar-refractivity contribution in [2.75, 3.05) is 33.2 Å². The number of aromatic nitrogens is 2. The minimum absolute atomic E-state index is 0.0431. The van der Waals surface area contributed by atoms with Crippen molar-refractivity contribution in [3.8, 4) is 34.2 Å². The Morgan fingerprint density at radius 3 is 1.92 bits per heavy atom. The lowest BCUT2D eigenvalue weighted by atomic mass is 10.1. The Bertz CT molecular complexity index is 1440. The zero-order valence-electron chi connectivity index (χ0n) is 22.1. The van der Waals surface area contributed by atoms with Gasteiger partial charge in [-0.05, 0) is 85.6 Å². The molecule has 0 aliphatic heterocycles. The van der Waals surface area contributed by atoms with E-state index in [4.69, 9.17) is 19.2 Å². The van der Waals surface area contributed by atoms with Crippen molar-refractivity contribution in [2.45, 2.75) is 18.9 Å². The highest BCUT2D eigenvalue weighted by atomic mass is 16.5. The lowest BCUT2D eigenvalue weighted by Gasteiger charge is -2.22. The topological polar surface area (TPSA) is 94.9 Å². The van der Waals surface area contributed by atoms with Crippen molar-refractivity contribution >= 4 is 17.8 Å². The number of methoxy groups -OCH3 is 3. The molecule has 4 aromatic rings. The van der Waals surface area contributed by atoms with Gasteiger partial charge < -0.3 is 19.1 Å². The van der Waals surface area contributed by atoms with Crippen molar-refractivity contribution in [3.05, 3.63) is 84.6 Å². The number of ether oxygens (including phenoxy) is 3. The van der Waals surface area contributed by atoms with Crippen LogP contribution >= 0.6 is 0 Å². The van der Waals surface area contributed by atoms with Gasteiger partial charge in [0.2, 0.25) is 11.9 Å². The lowest BCUT2D eigenvalue weighted by Crippen LogP contribution is -2.39. The van der Waals surface area contributed by atoms with Crippen LogP contribution < -0.4 is 19.5 Å². The average Bonchev–Trinajstić information content (AvgIpc) is 3.75. The predicted molar refractivity (Wildman–Crippen MR) is 148 cm³/mol.